The van der Waals surface area contributed by atoms with Gasteiger partial charge < -0.3 is 10.8 Å². The molecule has 21 heavy (non-hydrogen) atoms. The third kappa shape index (κ3) is 2.95. The van der Waals surface area contributed by atoms with Crippen molar-refractivity contribution in [1.29, 1.82) is 0 Å². The van der Waals surface area contributed by atoms with E-state index in [1.807, 2.05) is 43.3 Å². The van der Waals surface area contributed by atoms with Crippen molar-refractivity contribution in [3.63, 3.8) is 0 Å². The van der Waals surface area contributed by atoms with E-state index < -0.39 is 0 Å². The number of aliphatic imine (C=N–C) groups is 1. The standard InChI is InChI=1S/C17H16N2OS/c1-11-7-8-15(20)13(9-11)14-10-16(21-17(18)19-14)12-5-3-2-4-6-12/h2-10,16,20H,1H3,(H2,18,19). The molecule has 1 heterocycles. The number of aromatic hydroxyl groups is 1. The quantitative estimate of drug-likeness (QED) is 0.885. The van der Waals surface area contributed by atoms with E-state index in [1.54, 1.807) is 6.07 Å². The molecule has 2 aromatic carbocycles. The lowest BCUT2D eigenvalue weighted by Crippen LogP contribution is -2.13. The van der Waals surface area contributed by atoms with Crippen molar-refractivity contribution >= 4 is 22.6 Å². The summed E-state index contributed by atoms with van der Waals surface area (Å²) in [6.07, 6.45) is 2.05. The molecular weight excluding hydrogens is 280 g/mol. The molecule has 4 heteroatoms. The van der Waals surface area contributed by atoms with Crippen LogP contribution in [0.3, 0.4) is 0 Å². The topological polar surface area (TPSA) is 58.6 Å². The van der Waals surface area contributed by atoms with E-state index in [2.05, 4.69) is 17.1 Å². The van der Waals surface area contributed by atoms with Gasteiger partial charge in [-0.3, -0.25) is 0 Å². The van der Waals surface area contributed by atoms with Crippen molar-refractivity contribution in [2.75, 3.05) is 0 Å². The summed E-state index contributed by atoms with van der Waals surface area (Å²) in [5.41, 5.74) is 9.66. The monoisotopic (exact) mass is 296 g/mol. The Balaban J connectivity index is 2.04. The summed E-state index contributed by atoms with van der Waals surface area (Å²) in [6, 6.07) is 15.6. The van der Waals surface area contributed by atoms with Gasteiger partial charge in [0.25, 0.3) is 0 Å². The summed E-state index contributed by atoms with van der Waals surface area (Å²) in [5.74, 6) is 0.224. The van der Waals surface area contributed by atoms with Gasteiger partial charge in [-0.2, -0.15) is 0 Å². The molecule has 0 bridgehead atoms. The van der Waals surface area contributed by atoms with E-state index in [0.29, 0.717) is 5.17 Å². The molecule has 0 aliphatic carbocycles. The predicted octanol–water partition coefficient (Wildman–Crippen LogP) is 3.84. The fraction of sp³-hybridized carbons (Fsp3) is 0.118. The fourth-order valence-electron chi connectivity index (χ4n) is 2.30. The number of phenols is 1. The summed E-state index contributed by atoms with van der Waals surface area (Å²) < 4.78 is 0. The Kier molecular flexibility index (Phi) is 3.71. The number of hydrogen-bond donors (Lipinski definition) is 2. The molecule has 1 atom stereocenters. The number of rotatable bonds is 2. The molecular formula is C17H16N2OS. The molecule has 2 aromatic rings. The van der Waals surface area contributed by atoms with E-state index in [4.69, 9.17) is 5.73 Å². The van der Waals surface area contributed by atoms with Crippen LogP contribution in [0, 0.1) is 6.92 Å². The third-order valence-electron chi connectivity index (χ3n) is 3.34. The Bertz CT molecular complexity index is 723. The molecule has 0 radical (unpaired) electrons. The van der Waals surface area contributed by atoms with Crippen LogP contribution in [0.4, 0.5) is 0 Å². The maximum Gasteiger partial charge on any atom is 0.160 e. The van der Waals surface area contributed by atoms with Crippen molar-refractivity contribution in [2.24, 2.45) is 10.7 Å². The largest absolute Gasteiger partial charge is 0.507 e. The smallest absolute Gasteiger partial charge is 0.160 e. The van der Waals surface area contributed by atoms with Crippen LogP contribution in [-0.4, -0.2) is 10.3 Å². The minimum absolute atomic E-state index is 0.110. The van der Waals surface area contributed by atoms with Gasteiger partial charge in [0, 0.05) is 5.56 Å². The van der Waals surface area contributed by atoms with Gasteiger partial charge in [-0.05, 0) is 30.7 Å². The summed E-state index contributed by atoms with van der Waals surface area (Å²) in [7, 11) is 0. The van der Waals surface area contributed by atoms with Crippen LogP contribution in [0.15, 0.2) is 59.6 Å². The van der Waals surface area contributed by atoms with Gasteiger partial charge in [0.05, 0.1) is 10.9 Å². The van der Waals surface area contributed by atoms with Gasteiger partial charge in [0.2, 0.25) is 0 Å². The predicted molar refractivity (Wildman–Crippen MR) is 89.2 cm³/mol. The Labute approximate surface area is 128 Å². The van der Waals surface area contributed by atoms with Crippen molar-refractivity contribution in [2.45, 2.75) is 12.2 Å². The van der Waals surface area contributed by atoms with Gasteiger partial charge in [-0.1, -0.05) is 53.7 Å². The van der Waals surface area contributed by atoms with Gasteiger partial charge >= 0.3 is 0 Å². The molecule has 3 rings (SSSR count). The number of nitrogens with two attached hydrogens (primary N) is 1. The minimum Gasteiger partial charge on any atom is -0.507 e. The van der Waals surface area contributed by atoms with Crippen LogP contribution in [0.2, 0.25) is 0 Å². The SMILES string of the molecule is Cc1ccc(O)c(C2=CC(c3ccccc3)SC(N)=N2)c1. The lowest BCUT2D eigenvalue weighted by atomic mass is 10.0. The number of benzene rings is 2. The fourth-order valence-corrected chi connectivity index (χ4v) is 3.20. The van der Waals surface area contributed by atoms with Crippen LogP contribution in [0.5, 0.6) is 5.75 Å². The lowest BCUT2D eigenvalue weighted by molar-refractivity contribution is 0.473. The van der Waals surface area contributed by atoms with E-state index in [1.165, 1.54) is 17.3 Å². The first-order chi connectivity index (χ1) is 10.1. The number of phenolic OH excluding ortho intramolecular Hbond substituents is 1. The van der Waals surface area contributed by atoms with Crippen LogP contribution >= 0.6 is 11.8 Å². The number of nitrogens with zero attached hydrogens (tertiary/aromatic N) is 1. The Morgan fingerprint density at radius 3 is 2.67 bits per heavy atom. The second-order valence-corrected chi connectivity index (χ2v) is 6.13. The normalized spacial score (nSPS) is 18.0. The molecule has 0 saturated heterocycles. The molecule has 106 valence electrons. The summed E-state index contributed by atoms with van der Waals surface area (Å²) in [5, 5.41) is 10.7. The molecule has 0 spiro atoms. The van der Waals surface area contributed by atoms with Crippen LogP contribution in [0.1, 0.15) is 21.9 Å². The Hall–Kier alpha value is -2.20. The highest BCUT2D eigenvalue weighted by Crippen LogP contribution is 2.39. The average molecular weight is 296 g/mol. The van der Waals surface area contributed by atoms with Crippen molar-refractivity contribution in [1.82, 2.24) is 0 Å². The van der Waals surface area contributed by atoms with Gasteiger partial charge in [-0.25, -0.2) is 4.99 Å². The number of hydrogen-bond acceptors (Lipinski definition) is 4. The molecule has 0 amide bonds. The van der Waals surface area contributed by atoms with Crippen LogP contribution in [-0.2, 0) is 0 Å². The van der Waals surface area contributed by atoms with Crippen molar-refractivity contribution in [3.8, 4) is 5.75 Å². The first-order valence-electron chi connectivity index (χ1n) is 6.71. The summed E-state index contributed by atoms with van der Waals surface area (Å²) in [6.45, 7) is 1.99. The van der Waals surface area contributed by atoms with E-state index in [0.717, 1.165) is 16.8 Å². The van der Waals surface area contributed by atoms with Crippen molar-refractivity contribution in [3.05, 3.63) is 71.3 Å². The molecule has 1 unspecified atom stereocenters. The molecule has 0 aromatic heterocycles. The molecule has 3 N–H and O–H groups in total. The Morgan fingerprint density at radius 1 is 1.14 bits per heavy atom. The number of amidine groups is 1. The third-order valence-corrected chi connectivity index (χ3v) is 4.34. The molecule has 3 nitrogen and oxygen atoms in total. The summed E-state index contributed by atoms with van der Waals surface area (Å²) >= 11 is 1.52. The van der Waals surface area contributed by atoms with Crippen LogP contribution < -0.4 is 5.73 Å². The maximum absolute atomic E-state index is 10.1. The highest BCUT2D eigenvalue weighted by molar-refractivity contribution is 8.14. The maximum atomic E-state index is 10.1. The van der Waals surface area contributed by atoms with Gasteiger partial charge in [0.1, 0.15) is 5.75 Å². The minimum atomic E-state index is 0.110. The first kappa shape index (κ1) is 13.8. The van der Waals surface area contributed by atoms with E-state index in [-0.39, 0.29) is 11.0 Å². The molecule has 1 aliphatic heterocycles. The second kappa shape index (κ2) is 5.66. The second-order valence-electron chi connectivity index (χ2n) is 4.97. The first-order valence-corrected chi connectivity index (χ1v) is 7.59. The zero-order chi connectivity index (χ0) is 14.8. The van der Waals surface area contributed by atoms with E-state index >= 15 is 0 Å². The Morgan fingerprint density at radius 2 is 1.90 bits per heavy atom. The number of aryl methyl sites for hydroxylation is 1. The number of thioether (sulfide) groups is 1. The average Bonchev–Trinajstić information content (AvgIpc) is 2.50. The van der Waals surface area contributed by atoms with Crippen LogP contribution in [0.25, 0.3) is 5.70 Å². The molecule has 0 fully saturated rings. The highest BCUT2D eigenvalue weighted by Gasteiger charge is 2.19. The zero-order valence-corrected chi connectivity index (χ0v) is 12.5. The molecule has 1 aliphatic rings. The van der Waals surface area contributed by atoms with Gasteiger partial charge in [-0.15, -0.1) is 0 Å². The lowest BCUT2D eigenvalue weighted by Gasteiger charge is -2.19. The highest BCUT2D eigenvalue weighted by atomic mass is 32.2. The molecule has 0 saturated carbocycles. The summed E-state index contributed by atoms with van der Waals surface area (Å²) in [4.78, 5) is 4.39. The van der Waals surface area contributed by atoms with E-state index in [9.17, 15) is 5.11 Å². The zero-order valence-electron chi connectivity index (χ0n) is 11.7. The van der Waals surface area contributed by atoms with Gasteiger partial charge in [0.15, 0.2) is 5.17 Å². The van der Waals surface area contributed by atoms with Crippen molar-refractivity contribution < 1.29 is 5.11 Å².